The Morgan fingerprint density at radius 2 is 2.28 bits per heavy atom. The quantitative estimate of drug-likeness (QED) is 0.789. The summed E-state index contributed by atoms with van der Waals surface area (Å²) in [5.41, 5.74) is 2.07. The summed E-state index contributed by atoms with van der Waals surface area (Å²) < 4.78 is 2.08. The monoisotopic (exact) mass is 263 g/mol. The summed E-state index contributed by atoms with van der Waals surface area (Å²) in [7, 11) is 2.12. The molecular formula is C14H18ClN3. The van der Waals surface area contributed by atoms with Crippen molar-refractivity contribution in [2.75, 3.05) is 18.5 Å². The Hall–Kier alpha value is -1.22. The normalized spacial score (nSPS) is 15.9. The molecule has 0 spiro atoms. The highest BCUT2D eigenvalue weighted by Gasteiger charge is 2.22. The van der Waals surface area contributed by atoms with Gasteiger partial charge < -0.3 is 9.30 Å². The summed E-state index contributed by atoms with van der Waals surface area (Å²) in [5.74, 6) is 2.36. The Balaban J connectivity index is 1.94. The molecule has 96 valence electrons. The molecular weight excluding hydrogens is 246 g/mol. The zero-order valence-corrected chi connectivity index (χ0v) is 11.4. The number of hydrogen-bond donors (Lipinski definition) is 0. The predicted molar refractivity (Wildman–Crippen MR) is 75.4 cm³/mol. The van der Waals surface area contributed by atoms with Crippen LogP contribution in [0.5, 0.6) is 0 Å². The van der Waals surface area contributed by atoms with Crippen molar-refractivity contribution in [2.45, 2.75) is 25.1 Å². The number of nitrogens with zero attached hydrogens (tertiary/aromatic N) is 3. The highest BCUT2D eigenvalue weighted by molar-refractivity contribution is 6.17. The van der Waals surface area contributed by atoms with Crippen molar-refractivity contribution >= 4 is 23.1 Å². The van der Waals surface area contributed by atoms with E-state index in [1.807, 2.05) is 24.4 Å². The van der Waals surface area contributed by atoms with Crippen molar-refractivity contribution in [3.63, 3.8) is 0 Å². The van der Waals surface area contributed by atoms with Crippen molar-refractivity contribution in [1.82, 2.24) is 9.38 Å². The van der Waals surface area contributed by atoms with Crippen molar-refractivity contribution in [1.29, 1.82) is 0 Å². The summed E-state index contributed by atoms with van der Waals surface area (Å²) in [4.78, 5) is 6.96. The molecule has 1 aliphatic rings. The van der Waals surface area contributed by atoms with E-state index in [2.05, 4.69) is 16.3 Å². The molecule has 0 bridgehead atoms. The second-order valence-corrected chi connectivity index (χ2v) is 5.39. The molecule has 2 heterocycles. The molecule has 0 N–H and O–H groups in total. The van der Waals surface area contributed by atoms with E-state index in [0.29, 0.717) is 5.88 Å². The Morgan fingerprint density at radius 3 is 2.94 bits per heavy atom. The van der Waals surface area contributed by atoms with Gasteiger partial charge in [0.2, 0.25) is 0 Å². The van der Waals surface area contributed by atoms with Gasteiger partial charge in [0.1, 0.15) is 5.65 Å². The van der Waals surface area contributed by atoms with Gasteiger partial charge >= 0.3 is 0 Å². The standard InChI is InChI=1S/C14H18ClN3/c1-17(10-11-5-4-6-11)14-12(9-15)18-8-3-2-7-13(18)16-14/h2-3,7-8,11H,4-6,9-10H2,1H3. The average Bonchev–Trinajstić information content (AvgIpc) is 2.72. The van der Waals surface area contributed by atoms with Crippen LogP contribution in [0.1, 0.15) is 25.0 Å². The van der Waals surface area contributed by atoms with Gasteiger partial charge in [0.25, 0.3) is 0 Å². The lowest BCUT2D eigenvalue weighted by Gasteiger charge is -2.30. The molecule has 3 nitrogen and oxygen atoms in total. The van der Waals surface area contributed by atoms with E-state index in [0.717, 1.165) is 29.6 Å². The summed E-state index contributed by atoms with van der Waals surface area (Å²) in [5, 5.41) is 0. The number of rotatable bonds is 4. The van der Waals surface area contributed by atoms with Crippen LogP contribution in [0.2, 0.25) is 0 Å². The van der Waals surface area contributed by atoms with E-state index in [-0.39, 0.29) is 0 Å². The first-order valence-corrected chi connectivity index (χ1v) is 7.06. The average molecular weight is 264 g/mol. The van der Waals surface area contributed by atoms with Gasteiger partial charge in [0.15, 0.2) is 5.82 Å². The van der Waals surface area contributed by atoms with Gasteiger partial charge in [-0.1, -0.05) is 12.5 Å². The number of fused-ring (bicyclic) bond motifs is 1. The first kappa shape index (κ1) is 11.8. The maximum absolute atomic E-state index is 6.09. The Kier molecular flexibility index (Phi) is 3.16. The zero-order chi connectivity index (χ0) is 12.5. The van der Waals surface area contributed by atoms with Gasteiger partial charge in [-0.05, 0) is 30.9 Å². The molecule has 18 heavy (non-hydrogen) atoms. The molecule has 2 aromatic heterocycles. The molecule has 2 aromatic rings. The number of anilines is 1. The second-order valence-electron chi connectivity index (χ2n) is 5.12. The van der Waals surface area contributed by atoms with Crippen molar-refractivity contribution in [3.05, 3.63) is 30.1 Å². The topological polar surface area (TPSA) is 20.5 Å². The van der Waals surface area contributed by atoms with Crippen LogP contribution in [0.4, 0.5) is 5.82 Å². The van der Waals surface area contributed by atoms with Crippen LogP contribution in [0.15, 0.2) is 24.4 Å². The number of hydrogen-bond acceptors (Lipinski definition) is 2. The molecule has 1 fully saturated rings. The minimum atomic E-state index is 0.496. The molecule has 4 heteroatoms. The minimum Gasteiger partial charge on any atom is -0.358 e. The lowest BCUT2D eigenvalue weighted by Crippen LogP contribution is -2.30. The summed E-state index contributed by atoms with van der Waals surface area (Å²) >= 11 is 6.09. The molecule has 0 unspecified atom stereocenters. The fourth-order valence-corrected chi connectivity index (χ4v) is 2.86. The molecule has 1 saturated carbocycles. The molecule has 1 aliphatic carbocycles. The van der Waals surface area contributed by atoms with E-state index in [1.165, 1.54) is 19.3 Å². The SMILES string of the molecule is CN(CC1CCC1)c1nc2ccccn2c1CCl. The van der Waals surface area contributed by atoms with Crippen LogP contribution in [0, 0.1) is 5.92 Å². The van der Waals surface area contributed by atoms with Gasteiger partial charge in [-0.15, -0.1) is 11.6 Å². The highest BCUT2D eigenvalue weighted by atomic mass is 35.5. The van der Waals surface area contributed by atoms with Gasteiger partial charge in [0, 0.05) is 19.8 Å². The summed E-state index contributed by atoms with van der Waals surface area (Å²) in [6.07, 6.45) is 6.12. The van der Waals surface area contributed by atoms with Crippen LogP contribution < -0.4 is 4.90 Å². The van der Waals surface area contributed by atoms with Crippen molar-refractivity contribution in [2.24, 2.45) is 5.92 Å². The molecule has 0 amide bonds. The van der Waals surface area contributed by atoms with Gasteiger partial charge in [-0.25, -0.2) is 4.98 Å². The number of imidazole rings is 1. The zero-order valence-electron chi connectivity index (χ0n) is 10.6. The van der Waals surface area contributed by atoms with E-state index < -0.39 is 0 Å². The van der Waals surface area contributed by atoms with E-state index >= 15 is 0 Å². The lowest BCUT2D eigenvalue weighted by molar-refractivity contribution is 0.321. The lowest BCUT2D eigenvalue weighted by atomic mass is 9.85. The highest BCUT2D eigenvalue weighted by Crippen LogP contribution is 2.30. The fourth-order valence-electron chi connectivity index (χ4n) is 2.61. The number of halogens is 1. The van der Waals surface area contributed by atoms with Crippen molar-refractivity contribution < 1.29 is 0 Å². The van der Waals surface area contributed by atoms with Crippen LogP contribution in [-0.4, -0.2) is 23.0 Å². The van der Waals surface area contributed by atoms with E-state index in [1.54, 1.807) is 0 Å². The number of alkyl halides is 1. The second kappa shape index (κ2) is 4.81. The Labute approximate surface area is 112 Å². The van der Waals surface area contributed by atoms with E-state index in [9.17, 15) is 0 Å². The number of pyridine rings is 1. The Morgan fingerprint density at radius 1 is 1.44 bits per heavy atom. The third-order valence-corrected chi connectivity index (χ3v) is 4.11. The van der Waals surface area contributed by atoms with Crippen LogP contribution in [-0.2, 0) is 5.88 Å². The Bertz CT molecular complexity index is 545. The van der Waals surface area contributed by atoms with E-state index in [4.69, 9.17) is 16.6 Å². The minimum absolute atomic E-state index is 0.496. The molecule has 0 aromatic carbocycles. The predicted octanol–water partition coefficient (Wildman–Crippen LogP) is 3.31. The van der Waals surface area contributed by atoms with Crippen LogP contribution >= 0.6 is 11.6 Å². The van der Waals surface area contributed by atoms with Crippen molar-refractivity contribution in [3.8, 4) is 0 Å². The first-order chi connectivity index (χ1) is 8.79. The largest absolute Gasteiger partial charge is 0.358 e. The molecule has 0 aliphatic heterocycles. The third-order valence-electron chi connectivity index (χ3n) is 3.85. The van der Waals surface area contributed by atoms with Gasteiger partial charge in [0.05, 0.1) is 11.6 Å². The fraction of sp³-hybridized carbons (Fsp3) is 0.500. The maximum atomic E-state index is 6.09. The van der Waals surface area contributed by atoms with Crippen LogP contribution in [0.25, 0.3) is 5.65 Å². The summed E-state index contributed by atoms with van der Waals surface area (Å²) in [6.45, 7) is 1.09. The van der Waals surface area contributed by atoms with Gasteiger partial charge in [-0.2, -0.15) is 0 Å². The molecule has 3 rings (SSSR count). The molecule has 0 radical (unpaired) electrons. The third kappa shape index (κ3) is 1.97. The smallest absolute Gasteiger partial charge is 0.152 e. The molecule has 0 saturated heterocycles. The molecule has 0 atom stereocenters. The maximum Gasteiger partial charge on any atom is 0.152 e. The summed E-state index contributed by atoms with van der Waals surface area (Å²) in [6, 6.07) is 6.05. The first-order valence-electron chi connectivity index (χ1n) is 6.52. The van der Waals surface area contributed by atoms with Gasteiger partial charge in [-0.3, -0.25) is 0 Å². The van der Waals surface area contributed by atoms with Crippen LogP contribution in [0.3, 0.4) is 0 Å². The number of aromatic nitrogens is 2.